The molecule has 4 amide bonds. The topological polar surface area (TPSA) is 113 Å². The van der Waals surface area contributed by atoms with Gasteiger partial charge >= 0.3 is 6.03 Å². The van der Waals surface area contributed by atoms with Crippen molar-refractivity contribution < 1.29 is 14.4 Å². The summed E-state index contributed by atoms with van der Waals surface area (Å²) in [7, 11) is 0. The Kier molecular flexibility index (Phi) is 5.91. The number of nitrogens with one attached hydrogen (secondary N) is 3. The minimum absolute atomic E-state index is 0.182. The van der Waals surface area contributed by atoms with Crippen LogP contribution in [0.25, 0.3) is 0 Å². The standard InChI is InChI=1S/C16H15BrN4O3/c17-11-4-1-3-10(7-11)15(23)19-9-14(22)20-12-5-2-6-13(8-12)21-16(18)24/h1-8H,9H2,(H,19,23)(H,20,22)(H3,18,21,24). The second kappa shape index (κ2) is 8.11. The van der Waals surface area contributed by atoms with Gasteiger partial charge in [-0.05, 0) is 36.4 Å². The zero-order chi connectivity index (χ0) is 17.5. The van der Waals surface area contributed by atoms with Crippen molar-refractivity contribution >= 4 is 45.2 Å². The zero-order valence-electron chi connectivity index (χ0n) is 12.5. The predicted molar refractivity (Wildman–Crippen MR) is 94.8 cm³/mol. The maximum Gasteiger partial charge on any atom is 0.316 e. The van der Waals surface area contributed by atoms with E-state index in [9.17, 15) is 14.4 Å². The smallest absolute Gasteiger partial charge is 0.316 e. The number of amides is 4. The molecule has 0 fully saturated rings. The molecular weight excluding hydrogens is 376 g/mol. The molecule has 0 aliphatic heterocycles. The van der Waals surface area contributed by atoms with Crippen LogP contribution in [0.4, 0.5) is 16.2 Å². The van der Waals surface area contributed by atoms with Gasteiger partial charge < -0.3 is 21.7 Å². The molecule has 0 aromatic heterocycles. The van der Waals surface area contributed by atoms with Crippen LogP contribution in [-0.4, -0.2) is 24.4 Å². The van der Waals surface area contributed by atoms with Crippen molar-refractivity contribution in [2.24, 2.45) is 5.73 Å². The first kappa shape index (κ1) is 17.5. The number of urea groups is 1. The molecule has 0 bridgehead atoms. The summed E-state index contributed by atoms with van der Waals surface area (Å²) in [5.74, 6) is -0.745. The molecule has 2 aromatic rings. The lowest BCUT2D eigenvalue weighted by molar-refractivity contribution is -0.115. The number of rotatable bonds is 5. The number of halogens is 1. The summed E-state index contributed by atoms with van der Waals surface area (Å²) in [5.41, 5.74) is 6.42. The predicted octanol–water partition coefficient (Wildman–Crippen LogP) is 2.31. The van der Waals surface area contributed by atoms with Crippen molar-refractivity contribution in [1.29, 1.82) is 0 Å². The van der Waals surface area contributed by atoms with Gasteiger partial charge in [-0.3, -0.25) is 9.59 Å². The first-order valence-electron chi connectivity index (χ1n) is 6.94. The molecule has 2 aromatic carbocycles. The summed E-state index contributed by atoms with van der Waals surface area (Å²) in [5, 5.41) is 7.56. The largest absolute Gasteiger partial charge is 0.351 e. The van der Waals surface area contributed by atoms with Crippen LogP contribution >= 0.6 is 15.9 Å². The molecule has 0 heterocycles. The molecule has 0 aliphatic rings. The van der Waals surface area contributed by atoms with Crippen LogP contribution in [0.2, 0.25) is 0 Å². The monoisotopic (exact) mass is 390 g/mol. The van der Waals surface area contributed by atoms with Crippen LogP contribution in [-0.2, 0) is 4.79 Å². The van der Waals surface area contributed by atoms with Crippen molar-refractivity contribution in [3.8, 4) is 0 Å². The Morgan fingerprint density at radius 1 is 0.958 bits per heavy atom. The van der Waals surface area contributed by atoms with Crippen molar-refractivity contribution in [3.05, 3.63) is 58.6 Å². The van der Waals surface area contributed by atoms with Crippen LogP contribution in [0.3, 0.4) is 0 Å². The van der Waals surface area contributed by atoms with Gasteiger partial charge in [0.05, 0.1) is 6.54 Å². The summed E-state index contributed by atoms with van der Waals surface area (Å²) in [6.07, 6.45) is 0. The highest BCUT2D eigenvalue weighted by Crippen LogP contribution is 2.15. The van der Waals surface area contributed by atoms with Gasteiger partial charge in [0.25, 0.3) is 5.91 Å². The van der Waals surface area contributed by atoms with Crippen molar-refractivity contribution in [2.75, 3.05) is 17.2 Å². The summed E-state index contributed by atoms with van der Waals surface area (Å²) in [4.78, 5) is 34.7. The SMILES string of the molecule is NC(=O)Nc1cccc(NC(=O)CNC(=O)c2cccc(Br)c2)c1. The van der Waals surface area contributed by atoms with Gasteiger partial charge in [-0.2, -0.15) is 0 Å². The number of anilines is 2. The van der Waals surface area contributed by atoms with Gasteiger partial charge in [0.1, 0.15) is 0 Å². The molecule has 7 nitrogen and oxygen atoms in total. The summed E-state index contributed by atoms with van der Waals surface area (Å²) in [6.45, 7) is -0.182. The Hall–Kier alpha value is -2.87. The highest BCUT2D eigenvalue weighted by Gasteiger charge is 2.09. The van der Waals surface area contributed by atoms with Crippen LogP contribution in [0.15, 0.2) is 53.0 Å². The van der Waals surface area contributed by atoms with E-state index in [1.54, 1.807) is 48.5 Å². The number of primary amides is 1. The lowest BCUT2D eigenvalue weighted by Gasteiger charge is -2.09. The fourth-order valence-electron chi connectivity index (χ4n) is 1.91. The first-order valence-corrected chi connectivity index (χ1v) is 7.73. The molecule has 8 heteroatoms. The van der Waals surface area contributed by atoms with E-state index >= 15 is 0 Å². The Morgan fingerprint density at radius 3 is 2.29 bits per heavy atom. The number of nitrogens with two attached hydrogens (primary N) is 1. The number of benzene rings is 2. The van der Waals surface area contributed by atoms with Crippen LogP contribution in [0.5, 0.6) is 0 Å². The summed E-state index contributed by atoms with van der Waals surface area (Å²) in [6, 6.07) is 12.6. The maximum atomic E-state index is 12.0. The average molecular weight is 391 g/mol. The van der Waals surface area contributed by atoms with E-state index in [0.29, 0.717) is 16.9 Å². The normalized spacial score (nSPS) is 9.88. The van der Waals surface area contributed by atoms with Gasteiger partial charge in [-0.1, -0.05) is 28.1 Å². The van der Waals surface area contributed by atoms with Crippen molar-refractivity contribution in [3.63, 3.8) is 0 Å². The second-order valence-electron chi connectivity index (χ2n) is 4.81. The molecule has 0 saturated carbocycles. The van der Waals surface area contributed by atoms with E-state index in [2.05, 4.69) is 31.9 Å². The molecule has 5 N–H and O–H groups in total. The molecule has 0 spiro atoms. The minimum atomic E-state index is -0.695. The first-order chi connectivity index (χ1) is 11.4. The van der Waals surface area contributed by atoms with E-state index in [1.165, 1.54) is 0 Å². The third-order valence-electron chi connectivity index (χ3n) is 2.91. The van der Waals surface area contributed by atoms with Gasteiger partial charge in [0.2, 0.25) is 5.91 Å². The molecular formula is C16H15BrN4O3. The Bertz CT molecular complexity index is 779. The van der Waals surface area contributed by atoms with E-state index in [-0.39, 0.29) is 12.5 Å². The molecule has 0 radical (unpaired) electrons. The van der Waals surface area contributed by atoms with Crippen LogP contribution < -0.4 is 21.7 Å². The maximum absolute atomic E-state index is 12.0. The van der Waals surface area contributed by atoms with E-state index in [0.717, 1.165) is 4.47 Å². The third-order valence-corrected chi connectivity index (χ3v) is 3.40. The van der Waals surface area contributed by atoms with Crippen molar-refractivity contribution in [2.45, 2.75) is 0 Å². The fraction of sp³-hybridized carbons (Fsp3) is 0.0625. The quantitative estimate of drug-likeness (QED) is 0.627. The van der Waals surface area contributed by atoms with E-state index in [1.807, 2.05) is 0 Å². The Labute approximate surface area is 146 Å². The number of hydrogen-bond donors (Lipinski definition) is 4. The highest BCUT2D eigenvalue weighted by atomic mass is 79.9. The molecule has 0 aliphatic carbocycles. The van der Waals surface area contributed by atoms with E-state index in [4.69, 9.17) is 5.73 Å². The third kappa shape index (κ3) is 5.40. The second-order valence-corrected chi connectivity index (χ2v) is 5.73. The molecule has 2 rings (SSSR count). The van der Waals surface area contributed by atoms with Crippen LogP contribution in [0.1, 0.15) is 10.4 Å². The molecule has 0 saturated heterocycles. The van der Waals surface area contributed by atoms with Gasteiger partial charge in [0, 0.05) is 21.4 Å². The highest BCUT2D eigenvalue weighted by molar-refractivity contribution is 9.10. The number of carbonyl (C=O) groups is 3. The Morgan fingerprint density at radius 2 is 1.62 bits per heavy atom. The minimum Gasteiger partial charge on any atom is -0.351 e. The number of hydrogen-bond acceptors (Lipinski definition) is 3. The summed E-state index contributed by atoms with van der Waals surface area (Å²) < 4.78 is 0.776. The fourth-order valence-corrected chi connectivity index (χ4v) is 2.31. The van der Waals surface area contributed by atoms with E-state index < -0.39 is 11.9 Å². The lowest BCUT2D eigenvalue weighted by Crippen LogP contribution is -2.32. The number of carbonyl (C=O) groups excluding carboxylic acids is 3. The van der Waals surface area contributed by atoms with Gasteiger partial charge in [-0.15, -0.1) is 0 Å². The molecule has 0 atom stereocenters. The van der Waals surface area contributed by atoms with Crippen molar-refractivity contribution in [1.82, 2.24) is 5.32 Å². The zero-order valence-corrected chi connectivity index (χ0v) is 14.1. The molecule has 0 unspecified atom stereocenters. The average Bonchev–Trinajstić information content (AvgIpc) is 2.52. The van der Waals surface area contributed by atoms with Gasteiger partial charge in [-0.25, -0.2) is 4.79 Å². The van der Waals surface area contributed by atoms with Gasteiger partial charge in [0.15, 0.2) is 0 Å². The molecule has 24 heavy (non-hydrogen) atoms. The lowest BCUT2D eigenvalue weighted by atomic mass is 10.2. The summed E-state index contributed by atoms with van der Waals surface area (Å²) >= 11 is 3.28. The Balaban J connectivity index is 1.89. The molecule has 124 valence electrons. The van der Waals surface area contributed by atoms with Crippen LogP contribution in [0, 0.1) is 0 Å².